The number of hydrogen-bond acceptors (Lipinski definition) is 5. The van der Waals surface area contributed by atoms with Crippen LogP contribution in [0.3, 0.4) is 0 Å². The van der Waals surface area contributed by atoms with Gasteiger partial charge in [0.2, 0.25) is 5.88 Å². The van der Waals surface area contributed by atoms with Crippen molar-refractivity contribution < 1.29 is 4.74 Å². The van der Waals surface area contributed by atoms with Gasteiger partial charge in [-0.2, -0.15) is 4.98 Å². The second-order valence-electron chi connectivity index (χ2n) is 5.57. The lowest BCUT2D eigenvalue weighted by Crippen LogP contribution is -2.13. The molecular formula is C16H22N4O. The quantitative estimate of drug-likeness (QED) is 0.874. The van der Waals surface area contributed by atoms with E-state index in [1.807, 2.05) is 38.1 Å². The Balaban J connectivity index is 2.19. The Morgan fingerprint density at radius 1 is 1.05 bits per heavy atom. The molecule has 0 aliphatic heterocycles. The van der Waals surface area contributed by atoms with Gasteiger partial charge >= 0.3 is 0 Å². The molecule has 0 aliphatic rings. The average molecular weight is 286 g/mol. The number of ether oxygens (including phenoxy) is 1. The normalized spacial score (nSPS) is 11.0. The third kappa shape index (κ3) is 3.84. The van der Waals surface area contributed by atoms with Gasteiger partial charge < -0.3 is 15.8 Å². The first kappa shape index (κ1) is 15.1. The van der Waals surface area contributed by atoms with Crippen molar-refractivity contribution in [1.29, 1.82) is 0 Å². The van der Waals surface area contributed by atoms with E-state index in [9.17, 15) is 0 Å². The van der Waals surface area contributed by atoms with Crippen LogP contribution in [0.15, 0.2) is 30.6 Å². The van der Waals surface area contributed by atoms with Gasteiger partial charge in [0.05, 0.1) is 0 Å². The van der Waals surface area contributed by atoms with Gasteiger partial charge in [0.1, 0.15) is 17.8 Å². The molecule has 0 spiro atoms. The average Bonchev–Trinajstić information content (AvgIpc) is 2.43. The van der Waals surface area contributed by atoms with E-state index in [2.05, 4.69) is 29.1 Å². The topological polar surface area (TPSA) is 73.1 Å². The molecule has 0 bridgehead atoms. The Hall–Kier alpha value is -2.30. The molecule has 3 N–H and O–H groups in total. The van der Waals surface area contributed by atoms with E-state index in [-0.39, 0.29) is 6.04 Å². The van der Waals surface area contributed by atoms with E-state index < -0.39 is 0 Å². The first-order chi connectivity index (χ1) is 9.97. The number of nitrogens with zero attached hydrogens (tertiary/aromatic N) is 2. The Labute approximate surface area is 125 Å². The van der Waals surface area contributed by atoms with Crippen LogP contribution in [0.2, 0.25) is 0 Å². The molecule has 5 nitrogen and oxygen atoms in total. The van der Waals surface area contributed by atoms with Gasteiger partial charge in [-0.3, -0.25) is 0 Å². The van der Waals surface area contributed by atoms with Crippen LogP contribution in [0.1, 0.15) is 39.2 Å². The molecule has 0 aliphatic carbocycles. The molecule has 112 valence electrons. The van der Waals surface area contributed by atoms with E-state index in [0.717, 1.165) is 0 Å². The zero-order valence-corrected chi connectivity index (χ0v) is 12.9. The van der Waals surface area contributed by atoms with Gasteiger partial charge in [-0.25, -0.2) is 4.98 Å². The van der Waals surface area contributed by atoms with Crippen molar-refractivity contribution in [3.05, 3.63) is 36.2 Å². The van der Waals surface area contributed by atoms with Crippen LogP contribution in [0, 0.1) is 0 Å². The van der Waals surface area contributed by atoms with Crippen LogP contribution in [0.4, 0.5) is 11.5 Å². The zero-order valence-electron chi connectivity index (χ0n) is 12.9. The predicted molar refractivity (Wildman–Crippen MR) is 85.8 cm³/mol. The molecule has 0 amide bonds. The van der Waals surface area contributed by atoms with Crippen LogP contribution in [-0.2, 0) is 0 Å². The minimum absolute atomic E-state index is 0.236. The van der Waals surface area contributed by atoms with Gasteiger partial charge in [0.15, 0.2) is 5.82 Å². The molecule has 0 unspecified atom stereocenters. The van der Waals surface area contributed by atoms with Crippen molar-refractivity contribution in [1.82, 2.24) is 9.97 Å². The van der Waals surface area contributed by atoms with Crippen molar-refractivity contribution in [3.63, 3.8) is 0 Å². The van der Waals surface area contributed by atoms with Crippen molar-refractivity contribution in [2.45, 2.75) is 39.7 Å². The first-order valence-corrected chi connectivity index (χ1v) is 7.12. The Kier molecular flexibility index (Phi) is 4.62. The zero-order chi connectivity index (χ0) is 15.4. The second-order valence-corrected chi connectivity index (χ2v) is 5.57. The number of rotatable bonds is 5. The number of nitrogens with one attached hydrogen (secondary N) is 1. The maximum atomic E-state index is 6.05. The number of nitrogen functional groups attached to an aromatic ring is 1. The maximum Gasteiger partial charge on any atom is 0.248 e. The molecule has 1 aromatic carbocycles. The number of hydrogen-bond donors (Lipinski definition) is 2. The van der Waals surface area contributed by atoms with Crippen LogP contribution >= 0.6 is 0 Å². The Morgan fingerprint density at radius 3 is 2.29 bits per heavy atom. The van der Waals surface area contributed by atoms with Crippen molar-refractivity contribution in [2.24, 2.45) is 0 Å². The lowest BCUT2D eigenvalue weighted by molar-refractivity contribution is 0.464. The minimum atomic E-state index is 0.236. The molecule has 1 heterocycles. The number of aromatic nitrogens is 2. The summed E-state index contributed by atoms with van der Waals surface area (Å²) < 4.78 is 5.75. The highest BCUT2D eigenvalue weighted by molar-refractivity contribution is 5.67. The van der Waals surface area contributed by atoms with Gasteiger partial charge in [0, 0.05) is 6.04 Å². The van der Waals surface area contributed by atoms with Crippen LogP contribution in [0.5, 0.6) is 11.6 Å². The van der Waals surface area contributed by atoms with E-state index in [0.29, 0.717) is 29.1 Å². The third-order valence-electron chi connectivity index (χ3n) is 3.03. The summed E-state index contributed by atoms with van der Waals surface area (Å²) >= 11 is 0. The summed E-state index contributed by atoms with van der Waals surface area (Å²) in [4.78, 5) is 8.23. The van der Waals surface area contributed by atoms with Gasteiger partial charge in [-0.1, -0.05) is 26.0 Å². The molecule has 2 aromatic rings. The molecule has 0 radical (unpaired) electrons. The highest BCUT2D eigenvalue weighted by atomic mass is 16.5. The third-order valence-corrected chi connectivity index (χ3v) is 3.03. The minimum Gasteiger partial charge on any atom is -0.437 e. The fraction of sp³-hybridized carbons (Fsp3) is 0.375. The lowest BCUT2D eigenvalue weighted by atomic mass is 10.0. The van der Waals surface area contributed by atoms with Crippen molar-refractivity contribution >= 4 is 11.5 Å². The molecule has 0 atom stereocenters. The number of anilines is 2. The Morgan fingerprint density at radius 2 is 1.71 bits per heavy atom. The smallest absolute Gasteiger partial charge is 0.248 e. The molecular weight excluding hydrogens is 264 g/mol. The standard InChI is InChI=1S/C16H22N4O/c1-10(2)12-5-7-13(8-6-12)21-16-14(17)15(18-9-19-16)20-11(3)4/h5-11H,17H2,1-4H3,(H,18,19,20). The summed E-state index contributed by atoms with van der Waals surface area (Å²) in [5.41, 5.74) is 7.73. The highest BCUT2D eigenvalue weighted by Gasteiger charge is 2.11. The lowest BCUT2D eigenvalue weighted by Gasteiger charge is -2.14. The fourth-order valence-corrected chi connectivity index (χ4v) is 1.88. The first-order valence-electron chi connectivity index (χ1n) is 7.12. The molecule has 0 saturated heterocycles. The second kappa shape index (κ2) is 6.43. The summed E-state index contributed by atoms with van der Waals surface area (Å²) in [6.45, 7) is 8.35. The molecule has 1 aromatic heterocycles. The van der Waals surface area contributed by atoms with Gasteiger partial charge in [-0.05, 0) is 37.5 Å². The molecule has 21 heavy (non-hydrogen) atoms. The summed E-state index contributed by atoms with van der Waals surface area (Å²) in [6.07, 6.45) is 1.44. The number of benzene rings is 1. The van der Waals surface area contributed by atoms with Gasteiger partial charge in [-0.15, -0.1) is 0 Å². The summed E-state index contributed by atoms with van der Waals surface area (Å²) in [7, 11) is 0. The Bertz CT molecular complexity index is 594. The van der Waals surface area contributed by atoms with E-state index in [1.165, 1.54) is 11.9 Å². The van der Waals surface area contributed by atoms with Crippen molar-refractivity contribution in [2.75, 3.05) is 11.1 Å². The van der Waals surface area contributed by atoms with E-state index >= 15 is 0 Å². The van der Waals surface area contributed by atoms with E-state index in [4.69, 9.17) is 10.5 Å². The predicted octanol–water partition coefficient (Wildman–Crippen LogP) is 3.79. The highest BCUT2D eigenvalue weighted by Crippen LogP contribution is 2.30. The van der Waals surface area contributed by atoms with E-state index in [1.54, 1.807) is 0 Å². The van der Waals surface area contributed by atoms with Crippen LogP contribution in [-0.4, -0.2) is 16.0 Å². The largest absolute Gasteiger partial charge is 0.437 e. The molecule has 0 fully saturated rings. The fourth-order valence-electron chi connectivity index (χ4n) is 1.88. The maximum absolute atomic E-state index is 6.05. The summed E-state index contributed by atoms with van der Waals surface area (Å²) in [6, 6.07) is 8.18. The van der Waals surface area contributed by atoms with Gasteiger partial charge in [0.25, 0.3) is 0 Å². The summed E-state index contributed by atoms with van der Waals surface area (Å²) in [5.74, 6) is 2.16. The number of nitrogens with two attached hydrogens (primary N) is 1. The summed E-state index contributed by atoms with van der Waals surface area (Å²) in [5, 5.41) is 3.17. The molecule has 0 saturated carbocycles. The monoisotopic (exact) mass is 286 g/mol. The molecule has 2 rings (SSSR count). The van der Waals surface area contributed by atoms with Crippen LogP contribution < -0.4 is 15.8 Å². The SMILES string of the molecule is CC(C)Nc1ncnc(Oc2ccc(C(C)C)cc2)c1N. The molecule has 5 heteroatoms. The van der Waals surface area contributed by atoms with Crippen LogP contribution in [0.25, 0.3) is 0 Å². The van der Waals surface area contributed by atoms with Crippen molar-refractivity contribution in [3.8, 4) is 11.6 Å².